The quantitative estimate of drug-likeness (QED) is 0.784. The molecule has 146 valence electrons. The van der Waals surface area contributed by atoms with Gasteiger partial charge in [0.15, 0.2) is 6.61 Å². The zero-order chi connectivity index (χ0) is 19.7. The smallest absolute Gasteiger partial charge is 0.341 e. The topological polar surface area (TPSA) is 109 Å². The minimum absolute atomic E-state index is 0.0149. The summed E-state index contributed by atoms with van der Waals surface area (Å²) < 4.78 is 5.16. The Bertz CT molecular complexity index is 948. The van der Waals surface area contributed by atoms with Gasteiger partial charge in [-0.05, 0) is 43.9 Å². The molecule has 2 heterocycles. The molecule has 1 saturated heterocycles. The SMILES string of the molecule is O=C(O)COc1ccc2c(C(=O)NC3(C(=O)N4CCCC4)CC3)ccnc2c1. The molecule has 1 aliphatic carbocycles. The highest BCUT2D eigenvalue weighted by molar-refractivity contribution is 6.08. The Morgan fingerprint density at radius 3 is 2.61 bits per heavy atom. The lowest BCUT2D eigenvalue weighted by Gasteiger charge is -2.24. The van der Waals surface area contributed by atoms with Gasteiger partial charge in [0.2, 0.25) is 5.91 Å². The van der Waals surface area contributed by atoms with Gasteiger partial charge in [-0.15, -0.1) is 0 Å². The van der Waals surface area contributed by atoms with Crippen LogP contribution >= 0.6 is 0 Å². The van der Waals surface area contributed by atoms with E-state index < -0.39 is 18.1 Å². The molecule has 2 fully saturated rings. The largest absolute Gasteiger partial charge is 0.482 e. The molecule has 8 nitrogen and oxygen atoms in total. The summed E-state index contributed by atoms with van der Waals surface area (Å²) in [5, 5.41) is 12.3. The molecule has 0 spiro atoms. The summed E-state index contributed by atoms with van der Waals surface area (Å²) in [6.45, 7) is 1.06. The Morgan fingerprint density at radius 1 is 1.18 bits per heavy atom. The van der Waals surface area contributed by atoms with Crippen molar-refractivity contribution >= 4 is 28.7 Å². The molecule has 0 radical (unpaired) electrons. The number of carboxylic acid groups (broad SMARTS) is 1. The molecule has 2 N–H and O–H groups in total. The number of aliphatic carboxylic acids is 1. The van der Waals surface area contributed by atoms with Crippen LogP contribution in [0, 0.1) is 0 Å². The number of rotatable bonds is 6. The van der Waals surface area contributed by atoms with Crippen molar-refractivity contribution in [1.29, 1.82) is 0 Å². The number of pyridine rings is 1. The van der Waals surface area contributed by atoms with E-state index in [2.05, 4.69) is 10.3 Å². The van der Waals surface area contributed by atoms with Crippen molar-refractivity contribution in [2.45, 2.75) is 31.2 Å². The number of carbonyl (C=O) groups excluding carboxylic acids is 2. The van der Waals surface area contributed by atoms with Crippen molar-refractivity contribution in [3.8, 4) is 5.75 Å². The van der Waals surface area contributed by atoms with E-state index >= 15 is 0 Å². The Kier molecular flexibility index (Phi) is 4.62. The number of nitrogens with one attached hydrogen (secondary N) is 1. The van der Waals surface area contributed by atoms with Crippen LogP contribution in [0.4, 0.5) is 0 Å². The minimum Gasteiger partial charge on any atom is -0.482 e. The van der Waals surface area contributed by atoms with Crippen LogP contribution in [0.5, 0.6) is 5.75 Å². The van der Waals surface area contributed by atoms with E-state index in [1.165, 1.54) is 6.20 Å². The second kappa shape index (κ2) is 7.10. The van der Waals surface area contributed by atoms with E-state index in [1.807, 2.05) is 4.90 Å². The fourth-order valence-corrected chi connectivity index (χ4v) is 3.59. The summed E-state index contributed by atoms with van der Waals surface area (Å²) >= 11 is 0. The van der Waals surface area contributed by atoms with Gasteiger partial charge in [0, 0.05) is 30.7 Å². The van der Waals surface area contributed by atoms with Crippen molar-refractivity contribution in [2.24, 2.45) is 0 Å². The van der Waals surface area contributed by atoms with Gasteiger partial charge in [-0.2, -0.15) is 0 Å². The van der Waals surface area contributed by atoms with Crippen LogP contribution in [-0.2, 0) is 9.59 Å². The maximum Gasteiger partial charge on any atom is 0.341 e. The lowest BCUT2D eigenvalue weighted by Crippen LogP contribution is -2.49. The third kappa shape index (κ3) is 3.49. The third-order valence-corrected chi connectivity index (χ3v) is 5.23. The van der Waals surface area contributed by atoms with Gasteiger partial charge in [-0.25, -0.2) is 4.79 Å². The van der Waals surface area contributed by atoms with Gasteiger partial charge in [-0.1, -0.05) is 0 Å². The molecule has 0 atom stereocenters. The second-order valence-corrected chi connectivity index (χ2v) is 7.26. The van der Waals surface area contributed by atoms with Crippen LogP contribution in [0.25, 0.3) is 10.9 Å². The number of aromatic nitrogens is 1. The fraction of sp³-hybridized carbons (Fsp3) is 0.400. The van der Waals surface area contributed by atoms with Crippen molar-refractivity contribution in [2.75, 3.05) is 19.7 Å². The summed E-state index contributed by atoms with van der Waals surface area (Å²) in [7, 11) is 0. The van der Waals surface area contributed by atoms with Crippen LogP contribution in [0.1, 0.15) is 36.0 Å². The summed E-state index contributed by atoms with van der Waals surface area (Å²) in [4.78, 5) is 42.4. The average molecular weight is 383 g/mol. The first-order valence-corrected chi connectivity index (χ1v) is 9.34. The van der Waals surface area contributed by atoms with Crippen LogP contribution < -0.4 is 10.1 Å². The minimum atomic E-state index is -1.07. The molecule has 1 aromatic carbocycles. The number of nitrogens with zero attached hydrogens (tertiary/aromatic N) is 2. The number of ether oxygens (including phenoxy) is 1. The van der Waals surface area contributed by atoms with Gasteiger partial charge in [0.1, 0.15) is 11.3 Å². The van der Waals surface area contributed by atoms with E-state index in [0.29, 0.717) is 35.1 Å². The standard InChI is InChI=1S/C20H21N3O5/c24-17(25)12-28-13-3-4-14-15(5-8-21-16(14)11-13)18(26)22-20(6-7-20)19(27)23-9-1-2-10-23/h3-5,8,11H,1-2,6-7,9-10,12H2,(H,22,26)(H,24,25). The van der Waals surface area contributed by atoms with Gasteiger partial charge in [0.05, 0.1) is 11.1 Å². The molecule has 1 aromatic heterocycles. The number of amides is 2. The zero-order valence-corrected chi connectivity index (χ0v) is 15.3. The van der Waals surface area contributed by atoms with Gasteiger partial charge in [-0.3, -0.25) is 14.6 Å². The molecule has 2 amide bonds. The van der Waals surface area contributed by atoms with Crippen molar-refractivity contribution in [3.05, 3.63) is 36.0 Å². The molecule has 1 aliphatic heterocycles. The van der Waals surface area contributed by atoms with Crippen molar-refractivity contribution in [1.82, 2.24) is 15.2 Å². The first-order valence-electron chi connectivity index (χ1n) is 9.34. The molecule has 4 rings (SSSR count). The molecular weight excluding hydrogens is 362 g/mol. The lowest BCUT2D eigenvalue weighted by molar-refractivity contribution is -0.139. The molecule has 1 saturated carbocycles. The van der Waals surface area contributed by atoms with Gasteiger partial charge < -0.3 is 20.1 Å². The maximum absolute atomic E-state index is 12.9. The Labute approximate surface area is 161 Å². The molecule has 2 aliphatic rings. The highest BCUT2D eigenvalue weighted by Gasteiger charge is 2.53. The molecule has 0 unspecified atom stereocenters. The van der Waals surface area contributed by atoms with Gasteiger partial charge in [0.25, 0.3) is 5.91 Å². The van der Waals surface area contributed by atoms with Crippen molar-refractivity contribution in [3.63, 3.8) is 0 Å². The van der Waals surface area contributed by atoms with Gasteiger partial charge >= 0.3 is 5.97 Å². The van der Waals surface area contributed by atoms with E-state index in [1.54, 1.807) is 24.3 Å². The normalized spacial score (nSPS) is 17.4. The van der Waals surface area contributed by atoms with Crippen LogP contribution in [0.3, 0.4) is 0 Å². The van der Waals surface area contributed by atoms with Crippen molar-refractivity contribution < 1.29 is 24.2 Å². The fourth-order valence-electron chi connectivity index (χ4n) is 3.59. The number of hydrogen-bond donors (Lipinski definition) is 2. The number of hydrogen-bond acceptors (Lipinski definition) is 5. The number of carboxylic acids is 1. The summed E-state index contributed by atoms with van der Waals surface area (Å²) in [5.74, 6) is -1.00. The Hall–Kier alpha value is -3.16. The van der Waals surface area contributed by atoms with Crippen LogP contribution in [-0.4, -0.2) is 58.0 Å². The first-order chi connectivity index (χ1) is 13.5. The number of fused-ring (bicyclic) bond motifs is 1. The van der Waals surface area contributed by atoms with E-state index in [-0.39, 0.29) is 11.8 Å². The Balaban J connectivity index is 1.54. The molecule has 2 aromatic rings. The molecule has 0 bridgehead atoms. The third-order valence-electron chi connectivity index (χ3n) is 5.23. The lowest BCUT2D eigenvalue weighted by atomic mass is 10.1. The second-order valence-electron chi connectivity index (χ2n) is 7.26. The highest BCUT2D eigenvalue weighted by atomic mass is 16.5. The molecule has 28 heavy (non-hydrogen) atoms. The summed E-state index contributed by atoms with van der Waals surface area (Å²) in [6.07, 6.45) is 4.85. The van der Waals surface area contributed by atoms with E-state index in [4.69, 9.17) is 9.84 Å². The summed E-state index contributed by atoms with van der Waals surface area (Å²) in [5.41, 5.74) is 0.170. The monoisotopic (exact) mass is 383 g/mol. The predicted molar refractivity (Wildman–Crippen MR) is 100 cm³/mol. The molecule has 8 heteroatoms. The summed E-state index contributed by atoms with van der Waals surface area (Å²) in [6, 6.07) is 6.49. The predicted octanol–water partition coefficient (Wildman–Crippen LogP) is 1.58. The molecular formula is C20H21N3O5. The van der Waals surface area contributed by atoms with Crippen LogP contribution in [0.15, 0.2) is 30.5 Å². The van der Waals surface area contributed by atoms with E-state index in [9.17, 15) is 14.4 Å². The Morgan fingerprint density at radius 2 is 1.93 bits per heavy atom. The maximum atomic E-state index is 12.9. The average Bonchev–Trinajstić information content (AvgIpc) is 3.26. The van der Waals surface area contributed by atoms with E-state index in [0.717, 1.165) is 25.9 Å². The number of carbonyl (C=O) groups is 3. The first kappa shape index (κ1) is 18.2. The number of benzene rings is 1. The zero-order valence-electron chi connectivity index (χ0n) is 15.3. The van der Waals surface area contributed by atoms with Crippen LogP contribution in [0.2, 0.25) is 0 Å². The highest BCUT2D eigenvalue weighted by Crippen LogP contribution is 2.38. The number of likely N-dealkylation sites (tertiary alicyclic amines) is 1.